The summed E-state index contributed by atoms with van der Waals surface area (Å²) in [6.45, 7) is 8.77. The Hall–Kier alpha value is -0.120. The van der Waals surface area contributed by atoms with Gasteiger partial charge in [-0.1, -0.05) is 13.8 Å². The Kier molecular flexibility index (Phi) is 5.58. The number of likely N-dealkylation sites (tertiary alicyclic amines) is 1. The van der Waals surface area contributed by atoms with Crippen LogP contribution < -0.4 is 5.73 Å². The zero-order valence-corrected chi connectivity index (χ0v) is 10.4. The number of ether oxygens (including phenoxy) is 1. The third-order valence-corrected chi connectivity index (χ3v) is 3.63. The largest absolute Gasteiger partial charge is 0.383 e. The lowest BCUT2D eigenvalue weighted by Crippen LogP contribution is -2.37. The molecule has 1 fully saturated rings. The highest BCUT2D eigenvalue weighted by molar-refractivity contribution is 4.83. The highest BCUT2D eigenvalue weighted by Gasteiger charge is 2.30. The van der Waals surface area contributed by atoms with Crippen molar-refractivity contribution in [3.63, 3.8) is 0 Å². The van der Waals surface area contributed by atoms with E-state index in [1.165, 1.54) is 19.5 Å². The molecule has 1 aliphatic heterocycles. The predicted molar refractivity (Wildman–Crippen MR) is 63.9 cm³/mol. The topological polar surface area (TPSA) is 38.5 Å². The van der Waals surface area contributed by atoms with Gasteiger partial charge in [-0.3, -0.25) is 4.90 Å². The molecule has 2 N–H and O–H groups in total. The molecular weight excluding hydrogens is 188 g/mol. The lowest BCUT2D eigenvalue weighted by atomic mass is 10.0. The Labute approximate surface area is 94.0 Å². The number of methoxy groups -OCH3 is 1. The Balaban J connectivity index is 2.41. The monoisotopic (exact) mass is 214 g/mol. The molecule has 0 bridgehead atoms. The van der Waals surface area contributed by atoms with Crippen molar-refractivity contribution in [2.75, 3.05) is 33.4 Å². The molecule has 3 heteroatoms. The van der Waals surface area contributed by atoms with Crippen LogP contribution in [-0.2, 0) is 4.74 Å². The van der Waals surface area contributed by atoms with Crippen molar-refractivity contribution in [1.29, 1.82) is 0 Å². The second kappa shape index (κ2) is 6.46. The average Bonchev–Trinajstić information content (AvgIpc) is 2.54. The minimum atomic E-state index is 0.575. The van der Waals surface area contributed by atoms with Gasteiger partial charge in [0.15, 0.2) is 0 Å². The van der Waals surface area contributed by atoms with E-state index in [-0.39, 0.29) is 0 Å². The summed E-state index contributed by atoms with van der Waals surface area (Å²) in [5.41, 5.74) is 5.57. The maximum Gasteiger partial charge on any atom is 0.0618 e. The summed E-state index contributed by atoms with van der Waals surface area (Å²) in [6.07, 6.45) is 2.27. The van der Waals surface area contributed by atoms with Gasteiger partial charge in [0.2, 0.25) is 0 Å². The van der Waals surface area contributed by atoms with Gasteiger partial charge < -0.3 is 10.5 Å². The first kappa shape index (κ1) is 12.9. The first-order chi connectivity index (χ1) is 7.19. The fourth-order valence-electron chi connectivity index (χ4n) is 2.39. The van der Waals surface area contributed by atoms with E-state index in [1.54, 1.807) is 7.11 Å². The van der Waals surface area contributed by atoms with Gasteiger partial charge in [-0.2, -0.15) is 0 Å². The number of rotatable bonds is 6. The van der Waals surface area contributed by atoms with E-state index in [0.29, 0.717) is 6.04 Å². The molecular formula is C12H26N2O. The van der Waals surface area contributed by atoms with Crippen molar-refractivity contribution in [3.05, 3.63) is 0 Å². The molecule has 0 saturated carbocycles. The predicted octanol–water partition coefficient (Wildman–Crippen LogP) is 1.33. The van der Waals surface area contributed by atoms with Gasteiger partial charge in [0, 0.05) is 26.2 Å². The van der Waals surface area contributed by atoms with Crippen LogP contribution in [0.4, 0.5) is 0 Å². The molecule has 0 radical (unpaired) electrons. The van der Waals surface area contributed by atoms with Crippen LogP contribution in [0.3, 0.4) is 0 Å². The van der Waals surface area contributed by atoms with Crippen molar-refractivity contribution in [1.82, 2.24) is 4.90 Å². The molecule has 1 rings (SSSR count). The second-order valence-corrected chi connectivity index (χ2v) is 4.95. The SMILES string of the molecule is COCC(CCCN)N1CC(C)C(C)C1. The van der Waals surface area contributed by atoms with Crippen molar-refractivity contribution in [2.24, 2.45) is 17.6 Å². The molecule has 1 saturated heterocycles. The van der Waals surface area contributed by atoms with Gasteiger partial charge in [0.05, 0.1) is 6.61 Å². The van der Waals surface area contributed by atoms with E-state index in [0.717, 1.165) is 31.4 Å². The molecule has 0 aromatic rings. The highest BCUT2D eigenvalue weighted by atomic mass is 16.5. The number of hydrogen-bond donors (Lipinski definition) is 1. The minimum Gasteiger partial charge on any atom is -0.383 e. The fourth-order valence-corrected chi connectivity index (χ4v) is 2.39. The molecule has 0 aromatic heterocycles. The van der Waals surface area contributed by atoms with E-state index >= 15 is 0 Å². The van der Waals surface area contributed by atoms with Crippen LogP contribution in [0, 0.1) is 11.8 Å². The third kappa shape index (κ3) is 3.74. The van der Waals surface area contributed by atoms with Gasteiger partial charge in [-0.05, 0) is 31.2 Å². The first-order valence-corrected chi connectivity index (χ1v) is 6.12. The molecule has 90 valence electrons. The molecule has 15 heavy (non-hydrogen) atoms. The van der Waals surface area contributed by atoms with Crippen LogP contribution in [-0.4, -0.2) is 44.3 Å². The minimum absolute atomic E-state index is 0.575. The maximum atomic E-state index is 5.57. The number of nitrogens with zero attached hydrogens (tertiary/aromatic N) is 1. The molecule has 0 aliphatic carbocycles. The molecule has 3 atom stereocenters. The van der Waals surface area contributed by atoms with Crippen molar-refractivity contribution in [2.45, 2.75) is 32.7 Å². The number of nitrogens with two attached hydrogens (primary N) is 1. The van der Waals surface area contributed by atoms with E-state index in [1.807, 2.05) is 0 Å². The molecule has 1 heterocycles. The normalized spacial score (nSPS) is 29.6. The smallest absolute Gasteiger partial charge is 0.0618 e. The maximum absolute atomic E-state index is 5.57. The number of hydrogen-bond acceptors (Lipinski definition) is 3. The zero-order valence-electron chi connectivity index (χ0n) is 10.4. The van der Waals surface area contributed by atoms with Crippen LogP contribution in [0.2, 0.25) is 0 Å². The van der Waals surface area contributed by atoms with Gasteiger partial charge >= 0.3 is 0 Å². The summed E-state index contributed by atoms with van der Waals surface area (Å²) in [4.78, 5) is 2.58. The van der Waals surface area contributed by atoms with Crippen LogP contribution in [0.25, 0.3) is 0 Å². The van der Waals surface area contributed by atoms with Crippen molar-refractivity contribution >= 4 is 0 Å². The summed E-state index contributed by atoms with van der Waals surface area (Å²) in [5, 5.41) is 0. The molecule has 0 spiro atoms. The molecule has 1 aliphatic rings. The van der Waals surface area contributed by atoms with Gasteiger partial charge in [-0.25, -0.2) is 0 Å². The molecule has 3 unspecified atom stereocenters. The molecule has 0 aromatic carbocycles. The Morgan fingerprint density at radius 3 is 2.40 bits per heavy atom. The van der Waals surface area contributed by atoms with E-state index in [9.17, 15) is 0 Å². The third-order valence-electron chi connectivity index (χ3n) is 3.63. The average molecular weight is 214 g/mol. The fraction of sp³-hybridized carbons (Fsp3) is 1.00. The van der Waals surface area contributed by atoms with E-state index < -0.39 is 0 Å². The molecule has 0 amide bonds. The summed E-state index contributed by atoms with van der Waals surface area (Å²) >= 11 is 0. The lowest BCUT2D eigenvalue weighted by Gasteiger charge is -2.27. The zero-order chi connectivity index (χ0) is 11.3. The summed E-state index contributed by atoms with van der Waals surface area (Å²) in [7, 11) is 1.79. The quantitative estimate of drug-likeness (QED) is 0.725. The van der Waals surface area contributed by atoms with Crippen LogP contribution in [0.5, 0.6) is 0 Å². The van der Waals surface area contributed by atoms with E-state index in [2.05, 4.69) is 18.7 Å². The Morgan fingerprint density at radius 1 is 1.33 bits per heavy atom. The second-order valence-electron chi connectivity index (χ2n) is 4.95. The summed E-state index contributed by atoms with van der Waals surface area (Å²) in [6, 6.07) is 0.575. The Morgan fingerprint density at radius 2 is 1.93 bits per heavy atom. The summed E-state index contributed by atoms with van der Waals surface area (Å²) in [5.74, 6) is 1.64. The summed E-state index contributed by atoms with van der Waals surface area (Å²) < 4.78 is 5.30. The standard InChI is InChI=1S/C12H26N2O/c1-10-7-14(8-11(10)2)12(9-15-3)5-4-6-13/h10-12H,4-9,13H2,1-3H3. The van der Waals surface area contributed by atoms with Gasteiger partial charge in [0.1, 0.15) is 0 Å². The van der Waals surface area contributed by atoms with Crippen LogP contribution in [0.15, 0.2) is 0 Å². The van der Waals surface area contributed by atoms with Crippen molar-refractivity contribution in [3.8, 4) is 0 Å². The van der Waals surface area contributed by atoms with Crippen LogP contribution in [0.1, 0.15) is 26.7 Å². The lowest BCUT2D eigenvalue weighted by molar-refractivity contribution is 0.0960. The highest BCUT2D eigenvalue weighted by Crippen LogP contribution is 2.25. The first-order valence-electron chi connectivity index (χ1n) is 6.12. The molecule has 3 nitrogen and oxygen atoms in total. The van der Waals surface area contributed by atoms with E-state index in [4.69, 9.17) is 10.5 Å². The van der Waals surface area contributed by atoms with Crippen LogP contribution >= 0.6 is 0 Å². The van der Waals surface area contributed by atoms with Gasteiger partial charge in [-0.15, -0.1) is 0 Å². The van der Waals surface area contributed by atoms with Gasteiger partial charge in [0.25, 0.3) is 0 Å². The Bertz CT molecular complexity index is 165. The van der Waals surface area contributed by atoms with Crippen molar-refractivity contribution < 1.29 is 4.74 Å².